The fourth-order valence-electron chi connectivity index (χ4n) is 4.47. The second kappa shape index (κ2) is 9.06. The molecule has 178 valence electrons. The van der Waals surface area contributed by atoms with E-state index in [2.05, 4.69) is 0 Å². The molecule has 2 saturated heterocycles. The van der Waals surface area contributed by atoms with Crippen LogP contribution in [0.25, 0.3) is 0 Å². The Hall–Kier alpha value is -2.46. The summed E-state index contributed by atoms with van der Waals surface area (Å²) in [7, 11) is -2.77. The number of ether oxygens (including phenoxy) is 4. The van der Waals surface area contributed by atoms with Crippen LogP contribution in [0.2, 0.25) is 0 Å². The highest BCUT2D eigenvalue weighted by Gasteiger charge is 2.56. The van der Waals surface area contributed by atoms with Gasteiger partial charge in [-0.25, -0.2) is 8.42 Å². The Morgan fingerprint density at radius 3 is 2.39 bits per heavy atom. The van der Waals surface area contributed by atoms with Crippen LogP contribution in [0, 0.1) is 5.92 Å². The average molecular weight is 476 g/mol. The van der Waals surface area contributed by atoms with Gasteiger partial charge in [0.2, 0.25) is 10.0 Å². The number of rotatable bonds is 6. The number of hydrogen-bond donors (Lipinski definition) is 0. The Morgan fingerprint density at radius 2 is 1.76 bits per heavy atom. The summed E-state index contributed by atoms with van der Waals surface area (Å²) in [6, 6.07) is 14.8. The van der Waals surface area contributed by atoms with Gasteiger partial charge in [-0.2, -0.15) is 4.31 Å². The maximum atomic E-state index is 13.6. The van der Waals surface area contributed by atoms with Crippen LogP contribution in [0.15, 0.2) is 59.5 Å². The van der Waals surface area contributed by atoms with Crippen LogP contribution in [-0.2, 0) is 35.6 Å². The number of benzene rings is 2. The molecular weight excluding hydrogens is 446 g/mol. The average Bonchev–Trinajstić information content (AvgIpc) is 3.12. The smallest absolute Gasteiger partial charge is 0.324 e. The second-order valence-electron chi connectivity index (χ2n) is 8.79. The molecule has 2 aromatic carbocycles. The minimum absolute atomic E-state index is 0.00715. The Morgan fingerprint density at radius 1 is 1.09 bits per heavy atom. The molecule has 2 heterocycles. The van der Waals surface area contributed by atoms with Gasteiger partial charge in [-0.3, -0.25) is 4.79 Å². The Labute approximate surface area is 194 Å². The summed E-state index contributed by atoms with van der Waals surface area (Å²) in [5.41, 5.74) is 1.01. The fourth-order valence-corrected chi connectivity index (χ4v) is 6.14. The lowest BCUT2D eigenvalue weighted by molar-refractivity contribution is -0.155. The Balaban J connectivity index is 1.57. The van der Waals surface area contributed by atoms with E-state index in [0.717, 1.165) is 5.56 Å². The molecular formula is C24H29NO7S. The molecule has 0 aromatic heterocycles. The Bertz CT molecular complexity index is 1090. The second-order valence-corrected chi connectivity index (χ2v) is 10.7. The number of methoxy groups -OCH3 is 1. The monoisotopic (exact) mass is 475 g/mol. The maximum absolute atomic E-state index is 13.6. The predicted octanol–water partition coefficient (Wildman–Crippen LogP) is 2.97. The van der Waals surface area contributed by atoms with E-state index in [1.165, 1.54) is 23.5 Å². The molecule has 2 fully saturated rings. The van der Waals surface area contributed by atoms with Crippen molar-refractivity contribution in [1.29, 1.82) is 0 Å². The van der Waals surface area contributed by atoms with Crippen molar-refractivity contribution in [2.75, 3.05) is 13.7 Å². The van der Waals surface area contributed by atoms with Crippen LogP contribution >= 0.6 is 0 Å². The highest BCUT2D eigenvalue weighted by molar-refractivity contribution is 7.89. The van der Waals surface area contributed by atoms with Gasteiger partial charge < -0.3 is 18.9 Å². The highest BCUT2D eigenvalue weighted by atomic mass is 32.2. The van der Waals surface area contributed by atoms with E-state index >= 15 is 0 Å². The molecule has 33 heavy (non-hydrogen) atoms. The number of piperidine rings is 1. The first-order valence-corrected chi connectivity index (χ1v) is 12.3. The summed E-state index contributed by atoms with van der Waals surface area (Å²) >= 11 is 0. The van der Waals surface area contributed by atoms with E-state index in [0.29, 0.717) is 12.4 Å². The molecule has 2 aromatic rings. The number of carbonyl (C=O) groups excluding carboxylic acids is 1. The molecule has 0 N–H and O–H groups in total. The zero-order valence-electron chi connectivity index (χ0n) is 19.1. The number of carbonyl (C=O) groups is 1. The van der Waals surface area contributed by atoms with Crippen molar-refractivity contribution in [2.24, 2.45) is 5.92 Å². The number of sulfonamides is 1. The third kappa shape index (κ3) is 4.77. The van der Waals surface area contributed by atoms with Crippen molar-refractivity contribution in [3.8, 4) is 5.75 Å². The standard InChI is InChI=1S/C24H29NO7S/c1-16-21(23(26)29-4)25(14-20-22(16)32-24(2,3)31-20)33(27,28)19-12-10-18(11-13-19)30-15-17-8-6-5-7-9-17/h5-13,16,20-22H,14-15H2,1-4H3/t16-,20-,21+,22+/m0/s1. The summed E-state index contributed by atoms with van der Waals surface area (Å²) < 4.78 is 51.0. The van der Waals surface area contributed by atoms with E-state index in [1.807, 2.05) is 30.3 Å². The molecule has 0 bridgehead atoms. The van der Waals surface area contributed by atoms with Crippen LogP contribution in [-0.4, -0.2) is 56.4 Å². The van der Waals surface area contributed by atoms with Crippen molar-refractivity contribution in [3.63, 3.8) is 0 Å². The lowest BCUT2D eigenvalue weighted by atomic mass is 9.88. The Kier molecular flexibility index (Phi) is 6.50. The zero-order valence-corrected chi connectivity index (χ0v) is 19.9. The summed E-state index contributed by atoms with van der Waals surface area (Å²) in [6.45, 7) is 5.70. The molecule has 0 amide bonds. The van der Waals surface area contributed by atoms with E-state index in [-0.39, 0.29) is 11.4 Å². The topological polar surface area (TPSA) is 91.4 Å². The molecule has 4 rings (SSSR count). The van der Waals surface area contributed by atoms with E-state index < -0.39 is 45.9 Å². The fraction of sp³-hybridized carbons (Fsp3) is 0.458. The largest absolute Gasteiger partial charge is 0.489 e. The summed E-state index contributed by atoms with van der Waals surface area (Å²) in [5, 5.41) is 0. The molecule has 0 saturated carbocycles. The van der Waals surface area contributed by atoms with Crippen molar-refractivity contribution in [2.45, 2.75) is 56.3 Å². The maximum Gasteiger partial charge on any atom is 0.324 e. The van der Waals surface area contributed by atoms with E-state index in [9.17, 15) is 13.2 Å². The quantitative estimate of drug-likeness (QED) is 0.593. The van der Waals surface area contributed by atoms with Crippen LogP contribution in [0.5, 0.6) is 5.75 Å². The molecule has 9 heteroatoms. The summed E-state index contributed by atoms with van der Waals surface area (Å²) in [4.78, 5) is 12.7. The molecule has 8 nitrogen and oxygen atoms in total. The molecule has 0 unspecified atom stereocenters. The molecule has 2 aliphatic rings. The van der Waals surface area contributed by atoms with Crippen LogP contribution in [0.3, 0.4) is 0 Å². The first kappa shape index (κ1) is 23.7. The number of nitrogens with zero attached hydrogens (tertiary/aromatic N) is 1. The number of fused-ring (bicyclic) bond motifs is 1. The summed E-state index contributed by atoms with van der Waals surface area (Å²) in [5.74, 6) is -1.40. The van der Waals surface area contributed by atoms with Crippen molar-refractivity contribution < 1.29 is 32.2 Å². The predicted molar refractivity (Wildman–Crippen MR) is 120 cm³/mol. The molecule has 0 spiro atoms. The van der Waals surface area contributed by atoms with Gasteiger partial charge in [0.1, 0.15) is 24.5 Å². The highest BCUT2D eigenvalue weighted by Crippen LogP contribution is 2.40. The van der Waals surface area contributed by atoms with Gasteiger partial charge in [-0.05, 0) is 43.7 Å². The zero-order chi connectivity index (χ0) is 23.8. The van der Waals surface area contributed by atoms with E-state index in [1.54, 1.807) is 32.9 Å². The van der Waals surface area contributed by atoms with Crippen molar-refractivity contribution in [1.82, 2.24) is 4.31 Å². The molecule has 4 atom stereocenters. The number of hydrogen-bond acceptors (Lipinski definition) is 7. The lowest BCUT2D eigenvalue weighted by Gasteiger charge is -2.41. The molecule has 0 aliphatic carbocycles. The van der Waals surface area contributed by atoms with Gasteiger partial charge in [0.15, 0.2) is 5.79 Å². The van der Waals surface area contributed by atoms with Gasteiger partial charge in [-0.1, -0.05) is 37.3 Å². The van der Waals surface area contributed by atoms with Crippen LogP contribution < -0.4 is 4.74 Å². The lowest BCUT2D eigenvalue weighted by Crippen LogP contribution is -2.61. The normalized spacial score (nSPS) is 27.0. The van der Waals surface area contributed by atoms with Gasteiger partial charge >= 0.3 is 5.97 Å². The van der Waals surface area contributed by atoms with Crippen LogP contribution in [0.4, 0.5) is 0 Å². The first-order valence-electron chi connectivity index (χ1n) is 10.8. The van der Waals surface area contributed by atoms with Crippen LogP contribution in [0.1, 0.15) is 26.3 Å². The van der Waals surface area contributed by atoms with E-state index in [4.69, 9.17) is 18.9 Å². The van der Waals surface area contributed by atoms with Crippen molar-refractivity contribution in [3.05, 3.63) is 60.2 Å². The SMILES string of the molecule is COC(=O)[C@H]1[C@H](C)[C@H]2OC(C)(C)O[C@H]2CN1S(=O)(=O)c1ccc(OCc2ccccc2)cc1. The van der Waals surface area contributed by atoms with Gasteiger partial charge in [0, 0.05) is 12.5 Å². The first-order chi connectivity index (χ1) is 15.6. The van der Waals surface area contributed by atoms with Gasteiger partial charge in [0.05, 0.1) is 18.1 Å². The van der Waals surface area contributed by atoms with Gasteiger partial charge in [-0.15, -0.1) is 0 Å². The molecule has 2 aliphatic heterocycles. The van der Waals surface area contributed by atoms with Crippen molar-refractivity contribution >= 4 is 16.0 Å². The summed E-state index contributed by atoms with van der Waals surface area (Å²) in [6.07, 6.45) is -0.900. The molecule has 0 radical (unpaired) electrons. The van der Waals surface area contributed by atoms with Gasteiger partial charge in [0.25, 0.3) is 0 Å². The minimum atomic E-state index is -4.02. The third-order valence-corrected chi connectivity index (χ3v) is 7.89. The minimum Gasteiger partial charge on any atom is -0.489 e. The third-order valence-electron chi connectivity index (χ3n) is 6.03. The number of esters is 1.